The lowest BCUT2D eigenvalue weighted by atomic mass is 10.1. The molecule has 148 valence electrons. The molecular weight excluding hydrogens is 358 g/mol. The fourth-order valence-electron chi connectivity index (χ4n) is 2.92. The molecule has 0 aromatic heterocycles. The van der Waals surface area contributed by atoms with E-state index >= 15 is 0 Å². The van der Waals surface area contributed by atoms with Gasteiger partial charge in [0.25, 0.3) is 0 Å². The highest BCUT2D eigenvalue weighted by Gasteiger charge is 2.05. The Kier molecular flexibility index (Phi) is 6.75. The van der Waals surface area contributed by atoms with Crippen LogP contribution < -0.4 is 4.90 Å². The molecule has 1 aliphatic heterocycles. The van der Waals surface area contributed by atoms with Crippen LogP contribution in [0.1, 0.15) is 25.0 Å². The number of aromatic hydroxyl groups is 1. The number of allylic oxidation sites excluding steroid dienone is 7. The standard InChI is InChI=1S/C26H27NO2/c1-4-27(3)24-13-8-22(9-14-24)12-17-26-19-23(18-20(2)29-26)7-5-6-21-10-15-25(28)16-11-21/h5-19,28H,4H2,1-3H3/b6-5+,17-12+,23-7+. The van der Waals surface area contributed by atoms with Gasteiger partial charge in [0.05, 0.1) is 0 Å². The minimum Gasteiger partial charge on any atom is -0.508 e. The summed E-state index contributed by atoms with van der Waals surface area (Å²) in [5.74, 6) is 1.94. The molecule has 0 unspecified atom stereocenters. The molecule has 29 heavy (non-hydrogen) atoms. The Morgan fingerprint density at radius 1 is 0.897 bits per heavy atom. The van der Waals surface area contributed by atoms with Crippen LogP contribution in [-0.4, -0.2) is 18.7 Å². The Hall–Kier alpha value is -3.46. The molecule has 1 N–H and O–H groups in total. The Morgan fingerprint density at radius 3 is 2.24 bits per heavy atom. The van der Waals surface area contributed by atoms with Crippen molar-refractivity contribution in [2.75, 3.05) is 18.5 Å². The zero-order valence-electron chi connectivity index (χ0n) is 17.2. The van der Waals surface area contributed by atoms with E-state index in [1.807, 2.05) is 55.5 Å². The Balaban J connectivity index is 1.70. The number of rotatable bonds is 6. The van der Waals surface area contributed by atoms with Crippen molar-refractivity contribution in [3.63, 3.8) is 0 Å². The minimum atomic E-state index is 0.273. The van der Waals surface area contributed by atoms with E-state index in [0.717, 1.165) is 34.8 Å². The molecule has 0 saturated carbocycles. The van der Waals surface area contributed by atoms with Crippen molar-refractivity contribution in [1.29, 1.82) is 0 Å². The maximum Gasteiger partial charge on any atom is 0.127 e. The molecule has 0 fully saturated rings. The van der Waals surface area contributed by atoms with Gasteiger partial charge in [0.2, 0.25) is 0 Å². The molecule has 1 aliphatic rings. The molecule has 0 radical (unpaired) electrons. The number of phenolic OH excluding ortho intramolecular Hbond substituents is 1. The normalized spacial score (nSPS) is 15.5. The van der Waals surface area contributed by atoms with Gasteiger partial charge in [-0.2, -0.15) is 0 Å². The van der Waals surface area contributed by atoms with E-state index in [1.165, 1.54) is 5.69 Å². The van der Waals surface area contributed by atoms with Crippen molar-refractivity contribution in [3.8, 4) is 5.75 Å². The summed E-state index contributed by atoms with van der Waals surface area (Å²) in [6.45, 7) is 5.08. The van der Waals surface area contributed by atoms with Gasteiger partial charge in [0, 0.05) is 19.3 Å². The first-order chi connectivity index (χ1) is 14.0. The van der Waals surface area contributed by atoms with Crippen LogP contribution >= 0.6 is 0 Å². The summed E-state index contributed by atoms with van der Waals surface area (Å²) in [7, 11) is 2.09. The van der Waals surface area contributed by atoms with E-state index in [2.05, 4.69) is 49.2 Å². The predicted octanol–water partition coefficient (Wildman–Crippen LogP) is 6.32. The van der Waals surface area contributed by atoms with E-state index in [4.69, 9.17) is 4.74 Å². The molecule has 2 aromatic carbocycles. The number of ether oxygens (including phenoxy) is 1. The fraction of sp³-hybridized carbons (Fsp3) is 0.154. The molecular formula is C26H27NO2. The van der Waals surface area contributed by atoms with Crippen molar-refractivity contribution in [2.24, 2.45) is 0 Å². The highest BCUT2D eigenvalue weighted by atomic mass is 16.5. The maximum atomic E-state index is 9.35. The van der Waals surface area contributed by atoms with E-state index in [9.17, 15) is 5.11 Å². The van der Waals surface area contributed by atoms with Crippen LogP contribution in [0.25, 0.3) is 12.2 Å². The molecule has 3 heteroatoms. The van der Waals surface area contributed by atoms with E-state index in [-0.39, 0.29) is 5.75 Å². The number of anilines is 1. The average Bonchev–Trinajstić information content (AvgIpc) is 2.73. The number of nitrogens with zero attached hydrogens (tertiary/aromatic N) is 1. The quantitative estimate of drug-likeness (QED) is 0.631. The second kappa shape index (κ2) is 9.65. The predicted molar refractivity (Wildman–Crippen MR) is 123 cm³/mol. The molecule has 0 atom stereocenters. The van der Waals surface area contributed by atoms with Gasteiger partial charge in [0.1, 0.15) is 17.3 Å². The Bertz CT molecular complexity index is 974. The lowest BCUT2D eigenvalue weighted by Crippen LogP contribution is -2.15. The zero-order chi connectivity index (χ0) is 20.6. The van der Waals surface area contributed by atoms with Crippen LogP contribution in [0, 0.1) is 0 Å². The van der Waals surface area contributed by atoms with Gasteiger partial charge in [0.15, 0.2) is 0 Å². The summed E-state index contributed by atoms with van der Waals surface area (Å²) in [6.07, 6.45) is 14.1. The third kappa shape index (κ3) is 6.01. The van der Waals surface area contributed by atoms with Crippen LogP contribution in [-0.2, 0) is 4.74 Å². The molecule has 1 heterocycles. The molecule has 0 amide bonds. The van der Waals surface area contributed by atoms with Gasteiger partial charge in [-0.15, -0.1) is 0 Å². The van der Waals surface area contributed by atoms with Gasteiger partial charge >= 0.3 is 0 Å². The van der Waals surface area contributed by atoms with Crippen molar-refractivity contribution in [3.05, 3.63) is 107 Å². The summed E-state index contributed by atoms with van der Waals surface area (Å²) >= 11 is 0. The number of benzene rings is 2. The lowest BCUT2D eigenvalue weighted by Gasteiger charge is -2.16. The molecule has 0 bridgehead atoms. The lowest BCUT2D eigenvalue weighted by molar-refractivity contribution is 0.318. The second-order valence-corrected chi connectivity index (χ2v) is 6.96. The molecule has 3 nitrogen and oxygen atoms in total. The Labute approximate surface area is 173 Å². The Morgan fingerprint density at radius 2 is 1.55 bits per heavy atom. The van der Waals surface area contributed by atoms with Gasteiger partial charge in [-0.1, -0.05) is 48.6 Å². The summed E-state index contributed by atoms with van der Waals surface area (Å²) in [5, 5.41) is 9.35. The second-order valence-electron chi connectivity index (χ2n) is 6.96. The smallest absolute Gasteiger partial charge is 0.127 e. The van der Waals surface area contributed by atoms with Gasteiger partial charge in [-0.25, -0.2) is 0 Å². The van der Waals surface area contributed by atoms with E-state index in [0.29, 0.717) is 0 Å². The van der Waals surface area contributed by atoms with Crippen LogP contribution in [0.4, 0.5) is 5.69 Å². The molecule has 0 saturated heterocycles. The number of hydrogen-bond acceptors (Lipinski definition) is 3. The topological polar surface area (TPSA) is 32.7 Å². The van der Waals surface area contributed by atoms with Crippen molar-refractivity contribution in [1.82, 2.24) is 0 Å². The maximum absolute atomic E-state index is 9.35. The SMILES string of the molecule is CCN(C)c1ccc(/C=C/C2=CC(=C/C=C/c3ccc(O)cc3)/C=C(C)O2)cc1. The summed E-state index contributed by atoms with van der Waals surface area (Å²) in [6, 6.07) is 15.6. The highest BCUT2D eigenvalue weighted by Crippen LogP contribution is 2.22. The largest absolute Gasteiger partial charge is 0.508 e. The van der Waals surface area contributed by atoms with Crippen molar-refractivity contribution in [2.45, 2.75) is 13.8 Å². The third-order valence-electron chi connectivity index (χ3n) is 4.68. The number of phenols is 1. The van der Waals surface area contributed by atoms with Crippen LogP contribution in [0.3, 0.4) is 0 Å². The van der Waals surface area contributed by atoms with Crippen molar-refractivity contribution < 1.29 is 9.84 Å². The molecule has 0 aliphatic carbocycles. The molecule has 2 aromatic rings. The van der Waals surface area contributed by atoms with Crippen molar-refractivity contribution >= 4 is 17.8 Å². The first-order valence-corrected chi connectivity index (χ1v) is 9.78. The average molecular weight is 386 g/mol. The summed E-state index contributed by atoms with van der Waals surface area (Å²) in [5.41, 5.74) is 4.45. The summed E-state index contributed by atoms with van der Waals surface area (Å²) in [4.78, 5) is 2.21. The van der Waals surface area contributed by atoms with E-state index in [1.54, 1.807) is 12.1 Å². The van der Waals surface area contributed by atoms with Crippen LogP contribution in [0.5, 0.6) is 5.75 Å². The number of hydrogen-bond donors (Lipinski definition) is 1. The molecule has 3 rings (SSSR count). The zero-order valence-corrected chi connectivity index (χ0v) is 17.2. The van der Waals surface area contributed by atoms with Gasteiger partial charge in [-0.05, 0) is 73.0 Å². The first kappa shape index (κ1) is 20.3. The third-order valence-corrected chi connectivity index (χ3v) is 4.68. The molecule has 0 spiro atoms. The highest BCUT2D eigenvalue weighted by molar-refractivity contribution is 5.59. The van der Waals surface area contributed by atoms with Gasteiger partial charge in [-0.3, -0.25) is 0 Å². The monoisotopic (exact) mass is 385 g/mol. The van der Waals surface area contributed by atoms with Crippen LogP contribution in [0.2, 0.25) is 0 Å². The minimum absolute atomic E-state index is 0.273. The van der Waals surface area contributed by atoms with Gasteiger partial charge < -0.3 is 14.7 Å². The first-order valence-electron chi connectivity index (χ1n) is 9.78. The van der Waals surface area contributed by atoms with E-state index < -0.39 is 0 Å². The van der Waals surface area contributed by atoms with Crippen LogP contribution in [0.15, 0.2) is 96.0 Å². The summed E-state index contributed by atoms with van der Waals surface area (Å²) < 4.78 is 5.83. The fourth-order valence-corrected chi connectivity index (χ4v) is 2.92.